The van der Waals surface area contributed by atoms with Crippen molar-refractivity contribution >= 4 is 44.2 Å². The average molecular weight is 502 g/mol. The second kappa shape index (κ2) is 9.89. The van der Waals surface area contributed by atoms with E-state index in [1.807, 2.05) is 0 Å². The molecule has 5 nitrogen and oxygen atoms in total. The van der Waals surface area contributed by atoms with E-state index in [1.54, 1.807) is 6.20 Å². The van der Waals surface area contributed by atoms with E-state index in [4.69, 9.17) is 4.98 Å². The molecule has 3 aromatic carbocycles. The average Bonchev–Trinajstić information content (AvgIpc) is 3.35. The van der Waals surface area contributed by atoms with E-state index >= 15 is 0 Å². The summed E-state index contributed by atoms with van der Waals surface area (Å²) in [6, 6.07) is 23.5. The van der Waals surface area contributed by atoms with Crippen molar-refractivity contribution in [2.75, 3.05) is 23.7 Å². The van der Waals surface area contributed by atoms with Crippen molar-refractivity contribution < 1.29 is 0 Å². The van der Waals surface area contributed by atoms with Crippen LogP contribution in [0.4, 0.5) is 17.5 Å². The summed E-state index contributed by atoms with van der Waals surface area (Å²) in [5.74, 6) is 1.33. The molecule has 0 bridgehead atoms. The number of hydrogen-bond donors (Lipinski definition) is 2. The summed E-state index contributed by atoms with van der Waals surface area (Å²) in [5.41, 5.74) is 3.56. The van der Waals surface area contributed by atoms with Crippen molar-refractivity contribution in [3.63, 3.8) is 0 Å². The van der Waals surface area contributed by atoms with Gasteiger partial charge < -0.3 is 10.6 Å². The Labute approximate surface area is 203 Å². The van der Waals surface area contributed by atoms with E-state index in [0.717, 1.165) is 22.5 Å². The Kier molecular flexibility index (Phi) is 6.55. The molecule has 2 heterocycles. The van der Waals surface area contributed by atoms with Crippen LogP contribution in [0.3, 0.4) is 0 Å². The maximum absolute atomic E-state index is 4.73. The van der Waals surface area contributed by atoms with E-state index in [2.05, 4.69) is 110 Å². The first-order chi connectivity index (χ1) is 16.2. The van der Waals surface area contributed by atoms with Crippen LogP contribution in [0.5, 0.6) is 0 Å². The fraction of sp³-hybridized carbons (Fsp3) is 0.259. The van der Waals surface area contributed by atoms with Crippen molar-refractivity contribution in [3.05, 3.63) is 88.5 Å². The van der Waals surface area contributed by atoms with E-state index in [1.165, 1.54) is 47.8 Å². The van der Waals surface area contributed by atoms with Crippen LogP contribution in [-0.2, 0) is 6.54 Å². The molecule has 1 fully saturated rings. The normalized spacial score (nSPS) is 15.0. The lowest BCUT2D eigenvalue weighted by molar-refractivity contribution is 0.331. The largest absolute Gasteiger partial charge is 0.362 e. The highest BCUT2D eigenvalue weighted by molar-refractivity contribution is 9.10. The number of nitrogens with zero attached hydrogens (tertiary/aromatic N) is 3. The maximum Gasteiger partial charge on any atom is 0.229 e. The lowest BCUT2D eigenvalue weighted by Crippen LogP contribution is -2.18. The first-order valence-corrected chi connectivity index (χ1v) is 12.3. The van der Waals surface area contributed by atoms with E-state index in [9.17, 15) is 0 Å². The van der Waals surface area contributed by atoms with Crippen LogP contribution in [0.25, 0.3) is 10.8 Å². The van der Waals surface area contributed by atoms with Crippen LogP contribution >= 0.6 is 15.9 Å². The number of halogens is 1. The Morgan fingerprint density at radius 1 is 0.970 bits per heavy atom. The maximum atomic E-state index is 4.73. The Bertz CT molecular complexity index is 1230. The van der Waals surface area contributed by atoms with Gasteiger partial charge in [0, 0.05) is 18.4 Å². The monoisotopic (exact) mass is 501 g/mol. The van der Waals surface area contributed by atoms with Gasteiger partial charge in [0.1, 0.15) is 5.82 Å². The SMILES string of the molecule is CC(Nc1nc(Nc2ccc(CN3CCCC3)cc2)ncc1Br)c1cccc2ccccc12. The molecule has 168 valence electrons. The first-order valence-electron chi connectivity index (χ1n) is 11.5. The van der Waals surface area contributed by atoms with Gasteiger partial charge in [-0.15, -0.1) is 0 Å². The molecule has 2 N–H and O–H groups in total. The lowest BCUT2D eigenvalue weighted by Gasteiger charge is -2.18. The Hall–Kier alpha value is -2.96. The van der Waals surface area contributed by atoms with Gasteiger partial charge in [0.05, 0.1) is 10.5 Å². The molecule has 1 atom stereocenters. The molecule has 5 rings (SSSR count). The molecule has 0 saturated carbocycles. The number of aromatic nitrogens is 2. The molecule has 33 heavy (non-hydrogen) atoms. The van der Waals surface area contributed by atoms with Gasteiger partial charge >= 0.3 is 0 Å². The van der Waals surface area contributed by atoms with Gasteiger partial charge in [0.2, 0.25) is 5.95 Å². The number of rotatable bonds is 7. The Morgan fingerprint density at radius 3 is 2.55 bits per heavy atom. The van der Waals surface area contributed by atoms with Gasteiger partial charge in [-0.25, -0.2) is 4.98 Å². The minimum atomic E-state index is 0.0834. The first kappa shape index (κ1) is 21.9. The third-order valence-corrected chi connectivity index (χ3v) is 6.78. The van der Waals surface area contributed by atoms with Crippen LogP contribution in [0, 0.1) is 0 Å². The van der Waals surface area contributed by atoms with Gasteiger partial charge in [-0.3, -0.25) is 4.90 Å². The van der Waals surface area contributed by atoms with Crippen molar-refractivity contribution in [2.24, 2.45) is 0 Å². The van der Waals surface area contributed by atoms with Gasteiger partial charge in [-0.1, -0.05) is 54.6 Å². The molecular formula is C27H28BrN5. The molecule has 0 amide bonds. The summed E-state index contributed by atoms with van der Waals surface area (Å²) in [6.45, 7) is 5.59. The number of likely N-dealkylation sites (tertiary alicyclic amines) is 1. The molecule has 0 aliphatic carbocycles. The standard InChI is InChI=1S/C27H28BrN5/c1-19(23-10-6-8-21-7-2-3-9-24(21)23)30-26-25(28)17-29-27(32-26)31-22-13-11-20(12-14-22)18-33-15-4-5-16-33/h2-3,6-14,17,19H,4-5,15-16,18H2,1H3,(H2,29,30,31,32). The summed E-state index contributed by atoms with van der Waals surface area (Å²) in [4.78, 5) is 11.7. The Balaban J connectivity index is 1.29. The van der Waals surface area contributed by atoms with Gasteiger partial charge in [0.25, 0.3) is 0 Å². The zero-order valence-electron chi connectivity index (χ0n) is 18.8. The Morgan fingerprint density at radius 2 is 1.73 bits per heavy atom. The third kappa shape index (κ3) is 5.18. The molecule has 6 heteroatoms. The van der Waals surface area contributed by atoms with E-state index < -0.39 is 0 Å². The number of fused-ring (bicyclic) bond motifs is 1. The fourth-order valence-corrected chi connectivity index (χ4v) is 4.77. The second-order valence-electron chi connectivity index (χ2n) is 8.63. The molecular weight excluding hydrogens is 474 g/mol. The van der Waals surface area contributed by atoms with E-state index in [0.29, 0.717) is 5.95 Å². The highest BCUT2D eigenvalue weighted by atomic mass is 79.9. The lowest BCUT2D eigenvalue weighted by atomic mass is 10.00. The van der Waals surface area contributed by atoms with Crippen LogP contribution in [0.15, 0.2) is 77.4 Å². The number of nitrogens with one attached hydrogen (secondary N) is 2. The molecule has 1 aromatic heterocycles. The summed E-state index contributed by atoms with van der Waals surface area (Å²) >= 11 is 3.60. The van der Waals surface area contributed by atoms with Crippen molar-refractivity contribution in [1.29, 1.82) is 0 Å². The predicted molar refractivity (Wildman–Crippen MR) is 140 cm³/mol. The third-order valence-electron chi connectivity index (χ3n) is 6.20. The van der Waals surface area contributed by atoms with Crippen LogP contribution in [0.1, 0.15) is 36.9 Å². The number of hydrogen-bond acceptors (Lipinski definition) is 5. The molecule has 1 unspecified atom stereocenters. The van der Waals surface area contributed by atoms with Crippen molar-refractivity contribution in [2.45, 2.75) is 32.4 Å². The van der Waals surface area contributed by atoms with Crippen molar-refractivity contribution in [3.8, 4) is 0 Å². The van der Waals surface area contributed by atoms with Crippen LogP contribution in [0.2, 0.25) is 0 Å². The smallest absolute Gasteiger partial charge is 0.229 e. The molecule has 4 aromatic rings. The zero-order valence-corrected chi connectivity index (χ0v) is 20.3. The minimum absolute atomic E-state index is 0.0834. The summed E-state index contributed by atoms with van der Waals surface area (Å²) in [6.07, 6.45) is 4.42. The topological polar surface area (TPSA) is 53.1 Å². The van der Waals surface area contributed by atoms with Gasteiger partial charge in [0.15, 0.2) is 0 Å². The summed E-state index contributed by atoms with van der Waals surface area (Å²) < 4.78 is 0.834. The predicted octanol–water partition coefficient (Wildman–Crippen LogP) is 6.90. The summed E-state index contributed by atoms with van der Waals surface area (Å²) in [5, 5.41) is 9.37. The van der Waals surface area contributed by atoms with Gasteiger partial charge in [-0.05, 0) is 82.8 Å². The molecule has 1 aliphatic rings. The highest BCUT2D eigenvalue weighted by Crippen LogP contribution is 2.29. The molecule has 0 spiro atoms. The molecule has 0 radical (unpaired) electrons. The highest BCUT2D eigenvalue weighted by Gasteiger charge is 2.14. The van der Waals surface area contributed by atoms with Crippen LogP contribution in [-0.4, -0.2) is 28.0 Å². The molecule has 1 saturated heterocycles. The minimum Gasteiger partial charge on any atom is -0.362 e. The zero-order chi connectivity index (χ0) is 22.6. The quantitative estimate of drug-likeness (QED) is 0.288. The van der Waals surface area contributed by atoms with E-state index in [-0.39, 0.29) is 6.04 Å². The number of benzene rings is 3. The summed E-state index contributed by atoms with van der Waals surface area (Å²) in [7, 11) is 0. The van der Waals surface area contributed by atoms with Crippen molar-refractivity contribution in [1.82, 2.24) is 14.9 Å². The molecule has 1 aliphatic heterocycles. The van der Waals surface area contributed by atoms with Gasteiger partial charge in [-0.2, -0.15) is 4.98 Å². The second-order valence-corrected chi connectivity index (χ2v) is 9.48. The number of anilines is 3. The van der Waals surface area contributed by atoms with Crippen LogP contribution < -0.4 is 10.6 Å². The fourth-order valence-electron chi connectivity index (χ4n) is 4.46.